The van der Waals surface area contributed by atoms with Crippen LogP contribution >= 0.6 is 0 Å². The van der Waals surface area contributed by atoms with Gasteiger partial charge in [0, 0.05) is 17.7 Å². The number of carbonyl (C=O) groups is 2. The minimum absolute atomic E-state index is 0.0111. The van der Waals surface area contributed by atoms with Crippen molar-refractivity contribution in [3.8, 4) is 0 Å². The Bertz CT molecular complexity index is 637. The number of carbonyl (C=O) groups excluding carboxylic acids is 2. The molecule has 122 valence electrons. The van der Waals surface area contributed by atoms with E-state index in [2.05, 4.69) is 25.8 Å². The molecular formula is C16H21N5O2. The maximum absolute atomic E-state index is 12.2. The molecule has 0 aliphatic rings. The van der Waals surface area contributed by atoms with Crippen molar-refractivity contribution in [2.24, 2.45) is 0 Å². The molecule has 2 aromatic rings. The first-order chi connectivity index (χ1) is 11.1. The third-order valence-electron chi connectivity index (χ3n) is 3.38. The lowest BCUT2D eigenvalue weighted by atomic mass is 10.1. The van der Waals surface area contributed by atoms with E-state index in [-0.39, 0.29) is 17.9 Å². The van der Waals surface area contributed by atoms with Gasteiger partial charge in [-0.2, -0.15) is 5.10 Å². The van der Waals surface area contributed by atoms with Gasteiger partial charge < -0.3 is 10.6 Å². The molecule has 7 heteroatoms. The van der Waals surface area contributed by atoms with Gasteiger partial charge in [-0.25, -0.2) is 4.98 Å². The summed E-state index contributed by atoms with van der Waals surface area (Å²) in [6, 6.07) is 6.53. The Morgan fingerprint density at radius 3 is 2.61 bits per heavy atom. The Kier molecular flexibility index (Phi) is 5.85. The van der Waals surface area contributed by atoms with Crippen LogP contribution < -0.4 is 10.6 Å². The van der Waals surface area contributed by atoms with E-state index in [1.165, 1.54) is 6.33 Å². The van der Waals surface area contributed by atoms with Gasteiger partial charge in [0.1, 0.15) is 12.2 Å². The number of anilines is 1. The number of amides is 2. The van der Waals surface area contributed by atoms with E-state index in [1.54, 1.807) is 24.3 Å². The van der Waals surface area contributed by atoms with Gasteiger partial charge in [0.15, 0.2) is 0 Å². The van der Waals surface area contributed by atoms with E-state index >= 15 is 0 Å². The molecule has 0 saturated heterocycles. The molecule has 0 fully saturated rings. The van der Waals surface area contributed by atoms with Crippen LogP contribution in [0.2, 0.25) is 0 Å². The van der Waals surface area contributed by atoms with Crippen molar-refractivity contribution in [2.75, 3.05) is 5.32 Å². The monoisotopic (exact) mass is 315 g/mol. The number of hydrogen-bond acceptors (Lipinski definition) is 4. The molecule has 0 unspecified atom stereocenters. The highest BCUT2D eigenvalue weighted by atomic mass is 16.2. The quantitative estimate of drug-likeness (QED) is 0.730. The van der Waals surface area contributed by atoms with Gasteiger partial charge in [-0.15, -0.1) is 0 Å². The predicted octanol–water partition coefficient (Wildman–Crippen LogP) is 2.42. The summed E-state index contributed by atoms with van der Waals surface area (Å²) in [5, 5.41) is 12.1. The van der Waals surface area contributed by atoms with Crippen molar-refractivity contribution in [3.05, 3.63) is 42.0 Å². The molecule has 2 rings (SSSR count). The van der Waals surface area contributed by atoms with Crippen LogP contribution in [0.15, 0.2) is 30.6 Å². The van der Waals surface area contributed by atoms with Crippen LogP contribution in [0.1, 0.15) is 55.3 Å². The molecule has 1 atom stereocenters. The smallest absolute Gasteiger partial charge is 0.251 e. The maximum atomic E-state index is 12.2. The molecular weight excluding hydrogens is 294 g/mol. The summed E-state index contributed by atoms with van der Waals surface area (Å²) in [5.74, 6) is 0.374. The van der Waals surface area contributed by atoms with Crippen LogP contribution in [0.5, 0.6) is 0 Å². The number of aromatic amines is 1. The zero-order chi connectivity index (χ0) is 16.7. The molecule has 23 heavy (non-hydrogen) atoms. The fourth-order valence-electron chi connectivity index (χ4n) is 2.04. The van der Waals surface area contributed by atoms with E-state index in [4.69, 9.17) is 0 Å². The van der Waals surface area contributed by atoms with Crippen LogP contribution in [0, 0.1) is 0 Å². The zero-order valence-corrected chi connectivity index (χ0v) is 13.3. The SMILES string of the molecule is CCCCC(=O)Nc1ccc(C(=O)N[C@@H](C)c2ncn[nH]2)cc1. The van der Waals surface area contributed by atoms with Crippen molar-refractivity contribution < 1.29 is 9.59 Å². The average molecular weight is 315 g/mol. The Morgan fingerprint density at radius 1 is 1.26 bits per heavy atom. The summed E-state index contributed by atoms with van der Waals surface area (Å²) in [7, 11) is 0. The molecule has 2 amide bonds. The van der Waals surface area contributed by atoms with Gasteiger partial charge >= 0.3 is 0 Å². The number of hydrogen-bond donors (Lipinski definition) is 3. The van der Waals surface area contributed by atoms with E-state index in [0.717, 1.165) is 12.8 Å². The molecule has 0 bridgehead atoms. The second-order valence-electron chi connectivity index (χ2n) is 5.29. The highest BCUT2D eigenvalue weighted by Crippen LogP contribution is 2.12. The summed E-state index contributed by atoms with van der Waals surface area (Å²) in [5.41, 5.74) is 1.20. The van der Waals surface area contributed by atoms with Crippen LogP contribution in [0.3, 0.4) is 0 Å². The van der Waals surface area contributed by atoms with Crippen molar-refractivity contribution in [1.29, 1.82) is 0 Å². The van der Waals surface area contributed by atoms with Gasteiger partial charge in [0.05, 0.1) is 6.04 Å². The molecule has 7 nitrogen and oxygen atoms in total. The van der Waals surface area contributed by atoms with Crippen molar-refractivity contribution in [1.82, 2.24) is 20.5 Å². The fraction of sp³-hybridized carbons (Fsp3) is 0.375. The first-order valence-electron chi connectivity index (χ1n) is 7.66. The molecule has 0 aliphatic carbocycles. The second-order valence-corrected chi connectivity index (χ2v) is 5.29. The molecule has 1 aromatic carbocycles. The normalized spacial score (nSPS) is 11.7. The number of rotatable bonds is 7. The van der Waals surface area contributed by atoms with Crippen LogP contribution in [0.4, 0.5) is 5.69 Å². The molecule has 0 radical (unpaired) electrons. The molecule has 0 aliphatic heterocycles. The van der Waals surface area contributed by atoms with Gasteiger partial charge in [-0.1, -0.05) is 13.3 Å². The predicted molar refractivity (Wildman–Crippen MR) is 86.9 cm³/mol. The van der Waals surface area contributed by atoms with Crippen LogP contribution in [-0.4, -0.2) is 27.0 Å². The minimum Gasteiger partial charge on any atom is -0.342 e. The van der Waals surface area contributed by atoms with Gasteiger partial charge in [-0.3, -0.25) is 14.7 Å². The number of unbranched alkanes of at least 4 members (excludes halogenated alkanes) is 1. The standard InChI is InChI=1S/C16H21N5O2/c1-3-4-5-14(22)20-13-8-6-12(7-9-13)16(23)19-11(2)15-17-10-18-21-15/h6-11H,3-5H2,1-2H3,(H,19,23)(H,20,22)(H,17,18,21)/t11-/m0/s1. The van der Waals surface area contributed by atoms with Gasteiger partial charge in [0.2, 0.25) is 5.91 Å². The van der Waals surface area contributed by atoms with Crippen molar-refractivity contribution in [2.45, 2.75) is 39.2 Å². The highest BCUT2D eigenvalue weighted by molar-refractivity contribution is 5.95. The lowest BCUT2D eigenvalue weighted by molar-refractivity contribution is -0.116. The number of nitrogens with zero attached hydrogens (tertiary/aromatic N) is 2. The second kappa shape index (κ2) is 8.07. The average Bonchev–Trinajstić information content (AvgIpc) is 3.08. The molecule has 0 saturated carbocycles. The highest BCUT2D eigenvalue weighted by Gasteiger charge is 2.13. The Hall–Kier alpha value is -2.70. The first kappa shape index (κ1) is 16.7. The molecule has 0 spiro atoms. The van der Waals surface area contributed by atoms with Crippen LogP contribution in [0.25, 0.3) is 0 Å². The Morgan fingerprint density at radius 2 is 2.00 bits per heavy atom. The summed E-state index contributed by atoms with van der Waals surface area (Å²) in [6.45, 7) is 3.86. The first-order valence-corrected chi connectivity index (χ1v) is 7.66. The van der Waals surface area contributed by atoms with E-state index in [1.807, 2.05) is 13.8 Å². The Labute approximate surface area is 134 Å². The lowest BCUT2D eigenvalue weighted by Gasteiger charge is -2.11. The minimum atomic E-state index is -0.265. The zero-order valence-electron chi connectivity index (χ0n) is 13.3. The fourth-order valence-corrected chi connectivity index (χ4v) is 2.04. The topological polar surface area (TPSA) is 99.8 Å². The summed E-state index contributed by atoms with van der Waals surface area (Å²) in [6.07, 6.45) is 3.75. The largest absolute Gasteiger partial charge is 0.342 e. The summed E-state index contributed by atoms with van der Waals surface area (Å²) in [4.78, 5) is 27.8. The van der Waals surface area contributed by atoms with Gasteiger partial charge in [-0.05, 0) is 37.6 Å². The summed E-state index contributed by atoms with van der Waals surface area (Å²) >= 11 is 0. The molecule has 1 aromatic heterocycles. The number of aromatic nitrogens is 3. The maximum Gasteiger partial charge on any atom is 0.251 e. The lowest BCUT2D eigenvalue weighted by Crippen LogP contribution is -2.27. The van der Waals surface area contributed by atoms with Gasteiger partial charge in [0.25, 0.3) is 5.91 Å². The molecule has 3 N–H and O–H groups in total. The van der Waals surface area contributed by atoms with E-state index in [9.17, 15) is 9.59 Å². The number of benzene rings is 1. The van der Waals surface area contributed by atoms with E-state index < -0.39 is 0 Å². The van der Waals surface area contributed by atoms with Crippen molar-refractivity contribution >= 4 is 17.5 Å². The summed E-state index contributed by atoms with van der Waals surface area (Å²) < 4.78 is 0. The van der Waals surface area contributed by atoms with Crippen LogP contribution in [-0.2, 0) is 4.79 Å². The number of nitrogens with one attached hydrogen (secondary N) is 3. The van der Waals surface area contributed by atoms with Crippen molar-refractivity contribution in [3.63, 3.8) is 0 Å². The third kappa shape index (κ3) is 4.91. The van der Waals surface area contributed by atoms with E-state index in [0.29, 0.717) is 23.5 Å². The molecule has 1 heterocycles. The third-order valence-corrected chi connectivity index (χ3v) is 3.38. The Balaban J connectivity index is 1.91. The number of H-pyrrole nitrogens is 1.